The van der Waals surface area contributed by atoms with Gasteiger partial charge in [-0.1, -0.05) is 0 Å². The van der Waals surface area contributed by atoms with Gasteiger partial charge in [-0.25, -0.2) is 0 Å². The number of nitrogens with zero attached hydrogens (tertiary/aromatic N) is 1. The molecule has 0 bridgehead atoms. The molecule has 1 atom stereocenters. The first-order valence-electron chi connectivity index (χ1n) is 3.63. The first kappa shape index (κ1) is 10.9. The average molecular weight is 174 g/mol. The minimum Gasteiger partial charge on any atom is -0.481 e. The van der Waals surface area contributed by atoms with Gasteiger partial charge < -0.3 is 15.7 Å². The van der Waals surface area contributed by atoms with Crippen LogP contribution in [-0.4, -0.2) is 42.0 Å². The van der Waals surface area contributed by atoms with E-state index in [1.165, 1.54) is 4.90 Å². The number of nitrogens with two attached hydrogens (primary N) is 1. The van der Waals surface area contributed by atoms with E-state index in [4.69, 9.17) is 10.8 Å². The highest BCUT2D eigenvalue weighted by molar-refractivity contribution is 5.81. The standard InChI is InChI=1S/C7H14N2O3/c1-9(2)7(12)5(8)3-4-6(10)11/h5H,3-4,8H2,1-2H3,(H,10,11)/t5-/m0/s1. The summed E-state index contributed by atoms with van der Waals surface area (Å²) in [6, 6.07) is -0.698. The highest BCUT2D eigenvalue weighted by Gasteiger charge is 2.15. The Balaban J connectivity index is 3.79. The molecule has 0 saturated heterocycles. The fourth-order valence-corrected chi connectivity index (χ4v) is 0.734. The number of carbonyl (C=O) groups is 2. The maximum atomic E-state index is 11.1. The number of rotatable bonds is 4. The molecule has 5 nitrogen and oxygen atoms in total. The predicted octanol–water partition coefficient (Wildman–Crippen LogP) is -0.733. The van der Waals surface area contributed by atoms with Crippen molar-refractivity contribution in [2.24, 2.45) is 5.73 Å². The highest BCUT2D eigenvalue weighted by atomic mass is 16.4. The van der Waals surface area contributed by atoms with Crippen LogP contribution in [0.25, 0.3) is 0 Å². The second-order valence-electron chi connectivity index (χ2n) is 2.77. The first-order valence-corrected chi connectivity index (χ1v) is 3.63. The number of carbonyl (C=O) groups excluding carboxylic acids is 1. The van der Waals surface area contributed by atoms with Crippen molar-refractivity contribution in [2.75, 3.05) is 14.1 Å². The third kappa shape index (κ3) is 3.92. The van der Waals surface area contributed by atoms with Gasteiger partial charge in [0, 0.05) is 20.5 Å². The average Bonchev–Trinajstić information content (AvgIpc) is 1.98. The third-order valence-corrected chi connectivity index (χ3v) is 1.43. The minimum atomic E-state index is -0.933. The first-order chi connectivity index (χ1) is 5.45. The van der Waals surface area contributed by atoms with Crippen LogP contribution in [0.3, 0.4) is 0 Å². The number of hydrogen-bond donors (Lipinski definition) is 2. The van der Waals surface area contributed by atoms with Crippen LogP contribution in [0.5, 0.6) is 0 Å². The monoisotopic (exact) mass is 174 g/mol. The fraction of sp³-hybridized carbons (Fsp3) is 0.714. The number of likely N-dealkylation sites (N-methyl/N-ethyl adjacent to an activating group) is 1. The second kappa shape index (κ2) is 4.71. The van der Waals surface area contributed by atoms with Crippen molar-refractivity contribution in [3.63, 3.8) is 0 Å². The van der Waals surface area contributed by atoms with Crippen molar-refractivity contribution in [2.45, 2.75) is 18.9 Å². The normalized spacial score (nSPS) is 12.2. The SMILES string of the molecule is CN(C)C(=O)[C@@H](N)CCC(=O)O. The molecule has 0 aliphatic carbocycles. The van der Waals surface area contributed by atoms with E-state index in [0.717, 1.165) is 0 Å². The summed E-state index contributed by atoms with van der Waals surface area (Å²) in [5.74, 6) is -1.17. The van der Waals surface area contributed by atoms with Gasteiger partial charge in [0.25, 0.3) is 0 Å². The van der Waals surface area contributed by atoms with Gasteiger partial charge in [-0.2, -0.15) is 0 Å². The third-order valence-electron chi connectivity index (χ3n) is 1.43. The summed E-state index contributed by atoms with van der Waals surface area (Å²) in [5, 5.41) is 8.30. The van der Waals surface area contributed by atoms with Crippen molar-refractivity contribution in [1.29, 1.82) is 0 Å². The molecular formula is C7H14N2O3. The Bertz CT molecular complexity index is 179. The van der Waals surface area contributed by atoms with E-state index in [1.807, 2.05) is 0 Å². The molecule has 0 spiro atoms. The molecule has 3 N–H and O–H groups in total. The smallest absolute Gasteiger partial charge is 0.303 e. The Morgan fingerprint density at radius 1 is 1.50 bits per heavy atom. The molecule has 0 aromatic heterocycles. The molecule has 0 saturated carbocycles. The van der Waals surface area contributed by atoms with E-state index >= 15 is 0 Å². The van der Waals surface area contributed by atoms with Gasteiger partial charge in [0.1, 0.15) is 0 Å². The number of hydrogen-bond acceptors (Lipinski definition) is 3. The molecule has 0 heterocycles. The van der Waals surface area contributed by atoms with Crippen LogP contribution in [0, 0.1) is 0 Å². The van der Waals surface area contributed by atoms with Gasteiger partial charge in [0.05, 0.1) is 6.04 Å². The summed E-state index contributed by atoms with van der Waals surface area (Å²) >= 11 is 0. The van der Waals surface area contributed by atoms with Crippen LogP contribution in [0.2, 0.25) is 0 Å². The molecule has 0 aromatic carbocycles. The summed E-state index contributed by atoms with van der Waals surface area (Å²) in [6.07, 6.45) is 0.118. The van der Waals surface area contributed by atoms with Gasteiger partial charge in [-0.05, 0) is 6.42 Å². The van der Waals surface area contributed by atoms with Crippen molar-refractivity contribution in [3.05, 3.63) is 0 Å². The van der Waals surface area contributed by atoms with Crippen molar-refractivity contribution >= 4 is 11.9 Å². The summed E-state index contributed by atoms with van der Waals surface area (Å²) in [4.78, 5) is 22.5. The summed E-state index contributed by atoms with van der Waals surface area (Å²) in [7, 11) is 3.17. The molecule has 0 unspecified atom stereocenters. The second-order valence-corrected chi connectivity index (χ2v) is 2.77. The molecule has 0 aliphatic heterocycles. The predicted molar refractivity (Wildman–Crippen MR) is 43.5 cm³/mol. The van der Waals surface area contributed by atoms with E-state index in [0.29, 0.717) is 0 Å². The summed E-state index contributed by atoms with van der Waals surface area (Å²) in [5.41, 5.74) is 5.41. The Kier molecular flexibility index (Phi) is 4.28. The van der Waals surface area contributed by atoms with Gasteiger partial charge in [0.2, 0.25) is 5.91 Å². The Morgan fingerprint density at radius 3 is 2.33 bits per heavy atom. The molecule has 70 valence electrons. The molecule has 0 aliphatic rings. The largest absolute Gasteiger partial charge is 0.481 e. The van der Waals surface area contributed by atoms with E-state index in [2.05, 4.69) is 0 Å². The van der Waals surface area contributed by atoms with E-state index in [9.17, 15) is 9.59 Å². The van der Waals surface area contributed by atoms with E-state index in [-0.39, 0.29) is 18.7 Å². The maximum absolute atomic E-state index is 11.1. The number of amides is 1. The zero-order valence-corrected chi connectivity index (χ0v) is 7.28. The van der Waals surface area contributed by atoms with Crippen molar-refractivity contribution in [1.82, 2.24) is 4.90 Å². The zero-order valence-electron chi connectivity index (χ0n) is 7.28. The van der Waals surface area contributed by atoms with E-state index in [1.54, 1.807) is 14.1 Å². The Hall–Kier alpha value is -1.10. The van der Waals surface area contributed by atoms with Gasteiger partial charge >= 0.3 is 5.97 Å². The number of carboxylic acid groups (broad SMARTS) is 1. The lowest BCUT2D eigenvalue weighted by Crippen LogP contribution is -2.40. The molecule has 5 heteroatoms. The molecular weight excluding hydrogens is 160 g/mol. The number of carboxylic acids is 1. The molecule has 0 radical (unpaired) electrons. The van der Waals surface area contributed by atoms with Crippen LogP contribution < -0.4 is 5.73 Å². The van der Waals surface area contributed by atoms with Crippen molar-refractivity contribution < 1.29 is 14.7 Å². The zero-order chi connectivity index (χ0) is 9.72. The quantitative estimate of drug-likeness (QED) is 0.588. The molecule has 12 heavy (non-hydrogen) atoms. The van der Waals surface area contributed by atoms with Gasteiger partial charge in [-0.3, -0.25) is 9.59 Å². The lowest BCUT2D eigenvalue weighted by Gasteiger charge is -2.15. The number of aliphatic carboxylic acids is 1. The Labute approximate surface area is 71.1 Å². The topological polar surface area (TPSA) is 83.6 Å². The van der Waals surface area contributed by atoms with Crippen LogP contribution in [-0.2, 0) is 9.59 Å². The maximum Gasteiger partial charge on any atom is 0.303 e. The minimum absolute atomic E-state index is 0.0687. The Morgan fingerprint density at radius 2 is 2.00 bits per heavy atom. The van der Waals surface area contributed by atoms with E-state index < -0.39 is 12.0 Å². The van der Waals surface area contributed by atoms with Crippen LogP contribution in [0.4, 0.5) is 0 Å². The fourth-order valence-electron chi connectivity index (χ4n) is 0.734. The van der Waals surface area contributed by atoms with Crippen molar-refractivity contribution in [3.8, 4) is 0 Å². The molecule has 1 amide bonds. The molecule has 0 rings (SSSR count). The molecule has 0 fully saturated rings. The lowest BCUT2D eigenvalue weighted by atomic mass is 10.1. The van der Waals surface area contributed by atoms with Crippen LogP contribution in [0.1, 0.15) is 12.8 Å². The highest BCUT2D eigenvalue weighted by Crippen LogP contribution is 1.97. The van der Waals surface area contributed by atoms with Gasteiger partial charge in [-0.15, -0.1) is 0 Å². The summed E-state index contributed by atoms with van der Waals surface area (Å²) in [6.45, 7) is 0. The summed E-state index contributed by atoms with van der Waals surface area (Å²) < 4.78 is 0. The molecule has 0 aromatic rings. The van der Waals surface area contributed by atoms with Crippen LogP contribution in [0.15, 0.2) is 0 Å². The van der Waals surface area contributed by atoms with Crippen LogP contribution >= 0.6 is 0 Å². The lowest BCUT2D eigenvalue weighted by molar-refractivity contribution is -0.137. The van der Waals surface area contributed by atoms with Gasteiger partial charge in [0.15, 0.2) is 0 Å².